The van der Waals surface area contributed by atoms with E-state index in [1.54, 1.807) is 24.1 Å². The van der Waals surface area contributed by atoms with E-state index in [-0.39, 0.29) is 11.5 Å². The molecule has 3 heteroatoms. The van der Waals surface area contributed by atoms with Gasteiger partial charge in [-0.3, -0.25) is 4.79 Å². The SMILES string of the molecule is C=CCCCN(C)C(=O)c1cc(C)ccc1F. The van der Waals surface area contributed by atoms with Crippen LogP contribution in [0.2, 0.25) is 0 Å². The van der Waals surface area contributed by atoms with Gasteiger partial charge < -0.3 is 4.90 Å². The van der Waals surface area contributed by atoms with Gasteiger partial charge in [0.2, 0.25) is 0 Å². The maximum Gasteiger partial charge on any atom is 0.256 e. The van der Waals surface area contributed by atoms with Crippen LogP contribution in [0.1, 0.15) is 28.8 Å². The van der Waals surface area contributed by atoms with Crippen molar-refractivity contribution in [2.45, 2.75) is 19.8 Å². The Morgan fingerprint density at radius 3 is 2.88 bits per heavy atom. The summed E-state index contributed by atoms with van der Waals surface area (Å²) in [5, 5.41) is 0. The maximum atomic E-state index is 13.5. The summed E-state index contributed by atoms with van der Waals surface area (Å²) in [4.78, 5) is 13.5. The number of halogens is 1. The average molecular weight is 235 g/mol. The van der Waals surface area contributed by atoms with Crippen molar-refractivity contribution in [1.82, 2.24) is 4.90 Å². The quantitative estimate of drug-likeness (QED) is 0.567. The number of hydrogen-bond donors (Lipinski definition) is 0. The zero-order valence-corrected chi connectivity index (χ0v) is 10.4. The molecule has 0 saturated heterocycles. The highest BCUT2D eigenvalue weighted by atomic mass is 19.1. The monoisotopic (exact) mass is 235 g/mol. The minimum Gasteiger partial charge on any atom is -0.342 e. The second-order valence-corrected chi connectivity index (χ2v) is 4.14. The fourth-order valence-corrected chi connectivity index (χ4v) is 1.58. The van der Waals surface area contributed by atoms with E-state index in [2.05, 4.69) is 6.58 Å². The highest BCUT2D eigenvalue weighted by Crippen LogP contribution is 2.12. The predicted molar refractivity (Wildman–Crippen MR) is 67.5 cm³/mol. The van der Waals surface area contributed by atoms with Crippen LogP contribution in [0, 0.1) is 12.7 Å². The molecule has 92 valence electrons. The number of rotatable bonds is 5. The maximum absolute atomic E-state index is 13.5. The molecule has 0 atom stereocenters. The summed E-state index contributed by atoms with van der Waals surface area (Å²) in [7, 11) is 1.69. The van der Waals surface area contributed by atoms with Gasteiger partial charge in [-0.05, 0) is 31.9 Å². The van der Waals surface area contributed by atoms with Crippen LogP contribution in [0.15, 0.2) is 30.9 Å². The first-order valence-corrected chi connectivity index (χ1v) is 5.68. The Morgan fingerprint density at radius 1 is 1.53 bits per heavy atom. The lowest BCUT2D eigenvalue weighted by molar-refractivity contribution is 0.0789. The van der Waals surface area contributed by atoms with Crippen LogP contribution < -0.4 is 0 Å². The van der Waals surface area contributed by atoms with Crippen LogP contribution >= 0.6 is 0 Å². The van der Waals surface area contributed by atoms with Gasteiger partial charge in [0.15, 0.2) is 0 Å². The van der Waals surface area contributed by atoms with Crippen LogP contribution in [0.25, 0.3) is 0 Å². The van der Waals surface area contributed by atoms with E-state index in [4.69, 9.17) is 0 Å². The molecule has 0 aromatic heterocycles. The Balaban J connectivity index is 2.74. The predicted octanol–water partition coefficient (Wildman–Crippen LogP) is 3.17. The minimum absolute atomic E-state index is 0.145. The summed E-state index contributed by atoms with van der Waals surface area (Å²) in [5.41, 5.74) is 1.03. The van der Waals surface area contributed by atoms with Crippen LogP contribution in [0.3, 0.4) is 0 Å². The second-order valence-electron chi connectivity index (χ2n) is 4.14. The van der Waals surface area contributed by atoms with Crippen molar-refractivity contribution in [3.05, 3.63) is 47.8 Å². The van der Waals surface area contributed by atoms with Gasteiger partial charge in [-0.15, -0.1) is 6.58 Å². The van der Waals surface area contributed by atoms with Crippen molar-refractivity contribution >= 4 is 5.91 Å². The third-order valence-electron chi connectivity index (χ3n) is 2.60. The van der Waals surface area contributed by atoms with Crippen molar-refractivity contribution in [3.63, 3.8) is 0 Å². The normalized spacial score (nSPS) is 10.1. The third-order valence-corrected chi connectivity index (χ3v) is 2.60. The van der Waals surface area contributed by atoms with Gasteiger partial charge in [-0.25, -0.2) is 4.39 Å². The molecule has 0 aliphatic heterocycles. The first-order chi connectivity index (χ1) is 8.06. The number of hydrogen-bond acceptors (Lipinski definition) is 1. The van der Waals surface area contributed by atoms with Crippen molar-refractivity contribution in [2.24, 2.45) is 0 Å². The van der Waals surface area contributed by atoms with E-state index >= 15 is 0 Å². The summed E-state index contributed by atoms with van der Waals surface area (Å²) in [6.07, 6.45) is 3.51. The van der Waals surface area contributed by atoms with Crippen molar-refractivity contribution in [1.29, 1.82) is 0 Å². The average Bonchev–Trinajstić information content (AvgIpc) is 2.31. The highest BCUT2D eigenvalue weighted by molar-refractivity contribution is 5.94. The van der Waals surface area contributed by atoms with E-state index in [9.17, 15) is 9.18 Å². The molecule has 0 aliphatic carbocycles. The molecular weight excluding hydrogens is 217 g/mol. The number of nitrogens with zero attached hydrogens (tertiary/aromatic N) is 1. The smallest absolute Gasteiger partial charge is 0.256 e. The number of benzene rings is 1. The Kier molecular flexibility index (Phi) is 4.88. The van der Waals surface area contributed by atoms with Crippen LogP contribution in [0.4, 0.5) is 4.39 Å². The molecule has 17 heavy (non-hydrogen) atoms. The third kappa shape index (κ3) is 3.70. The molecular formula is C14H18FNO. The van der Waals surface area contributed by atoms with E-state index in [0.29, 0.717) is 6.54 Å². The number of aryl methyl sites for hydroxylation is 1. The summed E-state index contributed by atoms with van der Waals surface area (Å²) in [6.45, 7) is 6.07. The molecule has 0 aliphatic rings. The van der Waals surface area contributed by atoms with Gasteiger partial charge in [0, 0.05) is 13.6 Å². The minimum atomic E-state index is -0.462. The molecule has 0 N–H and O–H groups in total. The Morgan fingerprint density at radius 2 is 2.24 bits per heavy atom. The molecule has 2 nitrogen and oxygen atoms in total. The summed E-state index contributed by atoms with van der Waals surface area (Å²) >= 11 is 0. The van der Waals surface area contributed by atoms with E-state index in [1.807, 2.05) is 13.0 Å². The summed E-state index contributed by atoms with van der Waals surface area (Å²) in [5.74, 6) is -0.730. The van der Waals surface area contributed by atoms with Gasteiger partial charge in [-0.2, -0.15) is 0 Å². The van der Waals surface area contributed by atoms with Gasteiger partial charge in [0.1, 0.15) is 5.82 Å². The molecule has 0 fully saturated rings. The van der Waals surface area contributed by atoms with Crippen molar-refractivity contribution < 1.29 is 9.18 Å². The number of carbonyl (C=O) groups excluding carboxylic acids is 1. The highest BCUT2D eigenvalue weighted by Gasteiger charge is 2.15. The molecule has 0 heterocycles. The molecule has 0 bridgehead atoms. The largest absolute Gasteiger partial charge is 0.342 e. The molecule has 0 unspecified atom stereocenters. The van der Waals surface area contributed by atoms with E-state index in [0.717, 1.165) is 18.4 Å². The fourth-order valence-electron chi connectivity index (χ4n) is 1.58. The molecule has 1 rings (SSSR count). The standard InChI is InChI=1S/C14H18FNO/c1-4-5-6-9-16(3)14(17)12-10-11(2)7-8-13(12)15/h4,7-8,10H,1,5-6,9H2,2-3H3. The topological polar surface area (TPSA) is 20.3 Å². The molecule has 1 amide bonds. The van der Waals surface area contributed by atoms with Crippen molar-refractivity contribution in [2.75, 3.05) is 13.6 Å². The molecule has 1 aromatic carbocycles. The van der Waals surface area contributed by atoms with Crippen LogP contribution in [-0.2, 0) is 0 Å². The molecule has 0 radical (unpaired) electrons. The lowest BCUT2D eigenvalue weighted by Crippen LogP contribution is -2.28. The van der Waals surface area contributed by atoms with Crippen molar-refractivity contribution in [3.8, 4) is 0 Å². The van der Waals surface area contributed by atoms with Gasteiger partial charge >= 0.3 is 0 Å². The second kappa shape index (κ2) is 6.18. The lowest BCUT2D eigenvalue weighted by Gasteiger charge is -2.17. The number of carbonyl (C=O) groups is 1. The number of amides is 1. The van der Waals surface area contributed by atoms with E-state index < -0.39 is 5.82 Å². The number of unbranched alkanes of at least 4 members (excludes halogenated alkanes) is 1. The first-order valence-electron chi connectivity index (χ1n) is 5.68. The van der Waals surface area contributed by atoms with Crippen LogP contribution in [-0.4, -0.2) is 24.4 Å². The number of allylic oxidation sites excluding steroid dienone is 1. The first kappa shape index (κ1) is 13.4. The van der Waals surface area contributed by atoms with Gasteiger partial charge in [0.25, 0.3) is 5.91 Å². The van der Waals surface area contributed by atoms with Gasteiger partial charge in [0.05, 0.1) is 5.56 Å². The van der Waals surface area contributed by atoms with Crippen LogP contribution in [0.5, 0.6) is 0 Å². The van der Waals surface area contributed by atoms with Gasteiger partial charge in [-0.1, -0.05) is 17.7 Å². The molecule has 0 spiro atoms. The summed E-state index contributed by atoms with van der Waals surface area (Å²) < 4.78 is 13.5. The molecule has 0 saturated carbocycles. The Labute approximate surface area is 102 Å². The van der Waals surface area contributed by atoms with E-state index in [1.165, 1.54) is 6.07 Å². The fraction of sp³-hybridized carbons (Fsp3) is 0.357. The molecule has 1 aromatic rings. The lowest BCUT2D eigenvalue weighted by atomic mass is 10.1. The Hall–Kier alpha value is -1.64. The summed E-state index contributed by atoms with van der Waals surface area (Å²) in [6, 6.07) is 4.58. The Bertz CT molecular complexity index is 415. The zero-order valence-electron chi connectivity index (χ0n) is 10.4. The zero-order chi connectivity index (χ0) is 12.8.